The molecule has 2 aromatic rings. The topological polar surface area (TPSA) is 50.9 Å². The van der Waals surface area contributed by atoms with E-state index in [4.69, 9.17) is 17.3 Å². The number of hydrogen-bond acceptors (Lipinski definition) is 3. The van der Waals surface area contributed by atoms with E-state index >= 15 is 0 Å². The minimum absolute atomic E-state index is 0.574. The summed E-state index contributed by atoms with van der Waals surface area (Å²) >= 11 is 6.05. The second kappa shape index (κ2) is 5.93. The third-order valence-corrected chi connectivity index (χ3v) is 3.48. The van der Waals surface area contributed by atoms with E-state index in [0.29, 0.717) is 17.3 Å². The Morgan fingerprint density at radius 3 is 2.89 bits per heavy atom. The second-order valence-electron chi connectivity index (χ2n) is 4.50. The molecule has 0 spiro atoms. The van der Waals surface area contributed by atoms with Crippen molar-refractivity contribution < 1.29 is 0 Å². The van der Waals surface area contributed by atoms with E-state index in [1.165, 1.54) is 5.56 Å². The lowest BCUT2D eigenvalue weighted by Gasteiger charge is -2.12. The largest absolute Gasteiger partial charge is 0.398 e. The standard InChI is InChI=1S/C15H18ClN3/c1-3-11-5-4-6-18-15(11)9-19-14-8-12(16)13(17)7-10(14)2/h4-8,19H,3,9,17H2,1-2H3. The molecule has 100 valence electrons. The zero-order valence-corrected chi connectivity index (χ0v) is 12.0. The Hall–Kier alpha value is -1.74. The summed E-state index contributed by atoms with van der Waals surface area (Å²) in [6, 6.07) is 7.81. The van der Waals surface area contributed by atoms with Gasteiger partial charge in [-0.2, -0.15) is 0 Å². The van der Waals surface area contributed by atoms with Crippen molar-refractivity contribution in [2.45, 2.75) is 26.8 Å². The lowest BCUT2D eigenvalue weighted by Crippen LogP contribution is -2.06. The molecular formula is C15H18ClN3. The fourth-order valence-corrected chi connectivity index (χ4v) is 2.19. The van der Waals surface area contributed by atoms with E-state index in [9.17, 15) is 0 Å². The lowest BCUT2D eigenvalue weighted by atomic mass is 10.1. The highest BCUT2D eigenvalue weighted by Crippen LogP contribution is 2.27. The average Bonchev–Trinajstić information content (AvgIpc) is 2.41. The number of halogens is 1. The Kier molecular flexibility index (Phi) is 4.27. The van der Waals surface area contributed by atoms with Gasteiger partial charge in [-0.05, 0) is 42.7 Å². The summed E-state index contributed by atoms with van der Waals surface area (Å²) in [4.78, 5) is 4.41. The summed E-state index contributed by atoms with van der Waals surface area (Å²) in [6.07, 6.45) is 2.80. The number of hydrogen-bond donors (Lipinski definition) is 2. The quantitative estimate of drug-likeness (QED) is 0.835. The van der Waals surface area contributed by atoms with Gasteiger partial charge in [-0.1, -0.05) is 24.6 Å². The third-order valence-electron chi connectivity index (χ3n) is 3.16. The predicted molar refractivity (Wildman–Crippen MR) is 81.5 cm³/mol. The molecule has 19 heavy (non-hydrogen) atoms. The number of nitrogens with two attached hydrogens (primary N) is 1. The monoisotopic (exact) mass is 275 g/mol. The van der Waals surface area contributed by atoms with Crippen LogP contribution >= 0.6 is 11.6 Å². The molecule has 0 bridgehead atoms. The van der Waals surface area contributed by atoms with Crippen LogP contribution in [0.4, 0.5) is 11.4 Å². The lowest BCUT2D eigenvalue weighted by molar-refractivity contribution is 0.970. The number of benzene rings is 1. The van der Waals surface area contributed by atoms with Crippen molar-refractivity contribution in [3.8, 4) is 0 Å². The molecule has 4 heteroatoms. The molecule has 0 aliphatic heterocycles. The molecule has 0 atom stereocenters. The molecule has 0 aliphatic rings. The molecule has 0 saturated carbocycles. The fourth-order valence-electron chi connectivity index (χ4n) is 2.03. The number of rotatable bonds is 4. The third kappa shape index (κ3) is 3.18. The molecule has 0 fully saturated rings. The molecule has 0 amide bonds. The van der Waals surface area contributed by atoms with Gasteiger partial charge in [0.15, 0.2) is 0 Å². The number of pyridine rings is 1. The summed E-state index contributed by atoms with van der Waals surface area (Å²) in [5.74, 6) is 0. The Morgan fingerprint density at radius 2 is 2.16 bits per heavy atom. The zero-order chi connectivity index (χ0) is 13.8. The Morgan fingerprint density at radius 1 is 1.37 bits per heavy atom. The van der Waals surface area contributed by atoms with Gasteiger partial charge in [0.05, 0.1) is 22.9 Å². The first kappa shape index (κ1) is 13.7. The van der Waals surface area contributed by atoms with E-state index in [2.05, 4.69) is 23.3 Å². The highest BCUT2D eigenvalue weighted by atomic mass is 35.5. The predicted octanol–water partition coefficient (Wildman–Crippen LogP) is 3.80. The summed E-state index contributed by atoms with van der Waals surface area (Å²) in [5.41, 5.74) is 10.8. The SMILES string of the molecule is CCc1cccnc1CNc1cc(Cl)c(N)cc1C. The summed E-state index contributed by atoms with van der Waals surface area (Å²) in [5, 5.41) is 3.94. The second-order valence-corrected chi connectivity index (χ2v) is 4.91. The van der Waals surface area contributed by atoms with Crippen LogP contribution in [0.15, 0.2) is 30.5 Å². The first-order valence-corrected chi connectivity index (χ1v) is 6.72. The molecule has 1 aromatic heterocycles. The van der Waals surface area contributed by atoms with Crippen LogP contribution in [0.25, 0.3) is 0 Å². The van der Waals surface area contributed by atoms with Crippen LogP contribution in [0, 0.1) is 6.92 Å². The highest BCUT2D eigenvalue weighted by molar-refractivity contribution is 6.33. The molecule has 0 saturated heterocycles. The van der Waals surface area contributed by atoms with Crippen molar-refractivity contribution in [1.82, 2.24) is 4.98 Å². The van der Waals surface area contributed by atoms with Crippen molar-refractivity contribution >= 4 is 23.0 Å². The highest BCUT2D eigenvalue weighted by Gasteiger charge is 2.05. The van der Waals surface area contributed by atoms with Crippen LogP contribution in [-0.2, 0) is 13.0 Å². The molecule has 0 aliphatic carbocycles. The van der Waals surface area contributed by atoms with E-state index in [-0.39, 0.29) is 0 Å². The van der Waals surface area contributed by atoms with Gasteiger partial charge < -0.3 is 11.1 Å². The van der Waals surface area contributed by atoms with Crippen molar-refractivity contribution in [3.05, 3.63) is 52.3 Å². The molecular weight excluding hydrogens is 258 g/mol. The minimum atomic E-state index is 0.574. The van der Waals surface area contributed by atoms with Gasteiger partial charge >= 0.3 is 0 Å². The van der Waals surface area contributed by atoms with Gasteiger partial charge in [-0.25, -0.2) is 0 Å². The van der Waals surface area contributed by atoms with Gasteiger partial charge in [0.25, 0.3) is 0 Å². The Bertz CT molecular complexity index is 582. The Balaban J connectivity index is 2.17. The number of aryl methyl sites for hydroxylation is 2. The molecule has 2 rings (SSSR count). The molecule has 1 aromatic carbocycles. The van der Waals surface area contributed by atoms with Crippen molar-refractivity contribution in [2.24, 2.45) is 0 Å². The molecule has 1 heterocycles. The maximum Gasteiger partial charge on any atom is 0.0656 e. The van der Waals surface area contributed by atoms with Gasteiger partial charge in [0.2, 0.25) is 0 Å². The van der Waals surface area contributed by atoms with Crippen molar-refractivity contribution in [1.29, 1.82) is 0 Å². The van der Waals surface area contributed by atoms with Crippen LogP contribution < -0.4 is 11.1 Å². The molecule has 0 unspecified atom stereocenters. The molecule has 3 N–H and O–H groups in total. The number of nitrogens with one attached hydrogen (secondary N) is 1. The van der Waals surface area contributed by atoms with E-state index in [0.717, 1.165) is 23.4 Å². The van der Waals surface area contributed by atoms with Crippen LogP contribution in [0.5, 0.6) is 0 Å². The van der Waals surface area contributed by atoms with Gasteiger partial charge in [0.1, 0.15) is 0 Å². The summed E-state index contributed by atoms with van der Waals surface area (Å²) < 4.78 is 0. The van der Waals surface area contributed by atoms with Crippen LogP contribution in [-0.4, -0.2) is 4.98 Å². The number of nitrogens with zero attached hydrogens (tertiary/aromatic N) is 1. The zero-order valence-electron chi connectivity index (χ0n) is 11.2. The first-order valence-electron chi connectivity index (χ1n) is 6.34. The van der Waals surface area contributed by atoms with E-state index < -0.39 is 0 Å². The minimum Gasteiger partial charge on any atom is -0.398 e. The Labute approximate surface area is 118 Å². The maximum absolute atomic E-state index is 6.05. The van der Waals surface area contributed by atoms with Crippen LogP contribution in [0.1, 0.15) is 23.7 Å². The van der Waals surface area contributed by atoms with Crippen molar-refractivity contribution in [3.63, 3.8) is 0 Å². The molecule has 3 nitrogen and oxygen atoms in total. The fraction of sp³-hybridized carbons (Fsp3) is 0.267. The maximum atomic E-state index is 6.05. The number of aromatic nitrogens is 1. The van der Waals surface area contributed by atoms with E-state index in [1.54, 1.807) is 0 Å². The number of anilines is 2. The van der Waals surface area contributed by atoms with E-state index in [1.807, 2.05) is 31.3 Å². The van der Waals surface area contributed by atoms with Crippen LogP contribution in [0.2, 0.25) is 5.02 Å². The number of nitrogen functional groups attached to an aromatic ring is 1. The summed E-state index contributed by atoms with van der Waals surface area (Å²) in [7, 11) is 0. The first-order chi connectivity index (χ1) is 9.11. The van der Waals surface area contributed by atoms with Gasteiger partial charge in [-0.15, -0.1) is 0 Å². The van der Waals surface area contributed by atoms with Crippen LogP contribution in [0.3, 0.4) is 0 Å². The molecule has 0 radical (unpaired) electrons. The normalized spacial score (nSPS) is 10.5. The van der Waals surface area contributed by atoms with Crippen molar-refractivity contribution in [2.75, 3.05) is 11.1 Å². The smallest absolute Gasteiger partial charge is 0.0656 e. The average molecular weight is 276 g/mol. The summed E-state index contributed by atoms with van der Waals surface area (Å²) in [6.45, 7) is 4.82. The van der Waals surface area contributed by atoms with Gasteiger partial charge in [-0.3, -0.25) is 4.98 Å². The van der Waals surface area contributed by atoms with Gasteiger partial charge in [0, 0.05) is 11.9 Å².